The van der Waals surface area contributed by atoms with Gasteiger partial charge in [0.25, 0.3) is 0 Å². The Bertz CT molecular complexity index is 129. The Morgan fingerprint density at radius 2 is 2.38 bits per heavy atom. The molecule has 0 unspecified atom stereocenters. The summed E-state index contributed by atoms with van der Waals surface area (Å²) in [6.45, 7) is 4.50. The van der Waals surface area contributed by atoms with Crippen LogP contribution in [0.3, 0.4) is 0 Å². The molecule has 0 fully saturated rings. The van der Waals surface area contributed by atoms with Gasteiger partial charge in [-0.2, -0.15) is 0 Å². The van der Waals surface area contributed by atoms with Crippen molar-refractivity contribution < 1.29 is 4.74 Å². The first kappa shape index (κ1) is 5.35. The van der Waals surface area contributed by atoms with Gasteiger partial charge >= 0.3 is 0 Å². The molecule has 0 spiro atoms. The van der Waals surface area contributed by atoms with E-state index in [1.165, 1.54) is 0 Å². The molecule has 1 aliphatic rings. The summed E-state index contributed by atoms with van der Waals surface area (Å²) >= 11 is 0. The maximum absolute atomic E-state index is 5.12. The number of aliphatic imine (C=N–C) groups is 1. The molecule has 1 heterocycles. The van der Waals surface area contributed by atoms with E-state index >= 15 is 0 Å². The molecule has 2 heteroatoms. The van der Waals surface area contributed by atoms with Gasteiger partial charge in [0.1, 0.15) is 12.4 Å². The van der Waals surface area contributed by atoms with E-state index in [1.54, 1.807) is 6.20 Å². The summed E-state index contributed by atoms with van der Waals surface area (Å²) in [4.78, 5) is 4.04. The summed E-state index contributed by atoms with van der Waals surface area (Å²) in [7, 11) is 0. The van der Waals surface area contributed by atoms with E-state index < -0.39 is 0 Å². The topological polar surface area (TPSA) is 21.6 Å². The third-order valence-electron chi connectivity index (χ3n) is 0.975. The van der Waals surface area contributed by atoms with Gasteiger partial charge in [0.15, 0.2) is 0 Å². The molecule has 0 aromatic rings. The van der Waals surface area contributed by atoms with Crippen LogP contribution in [0.5, 0.6) is 0 Å². The van der Waals surface area contributed by atoms with E-state index in [-0.39, 0.29) is 0 Å². The molecule has 0 aromatic carbocycles. The molecule has 0 bridgehead atoms. The van der Waals surface area contributed by atoms with E-state index in [9.17, 15) is 0 Å². The maximum atomic E-state index is 5.12. The fourth-order valence-electron chi connectivity index (χ4n) is 0.494. The van der Waals surface area contributed by atoms with Gasteiger partial charge < -0.3 is 4.74 Å². The monoisotopic (exact) mass is 111 g/mol. The molecular formula is C6H9NO. The highest BCUT2D eigenvalue weighted by atomic mass is 16.5. The molecule has 44 valence electrons. The molecule has 0 saturated heterocycles. The van der Waals surface area contributed by atoms with E-state index in [2.05, 4.69) is 4.99 Å². The molecule has 2 nitrogen and oxygen atoms in total. The van der Waals surface area contributed by atoms with Crippen LogP contribution >= 0.6 is 0 Å². The number of hydrogen-bond acceptors (Lipinski definition) is 2. The minimum Gasteiger partial charge on any atom is -0.491 e. The molecule has 0 aliphatic carbocycles. The molecular weight excluding hydrogens is 102 g/mol. The Morgan fingerprint density at radius 3 is 2.75 bits per heavy atom. The van der Waals surface area contributed by atoms with Crippen LogP contribution in [0, 0.1) is 0 Å². The van der Waals surface area contributed by atoms with Crippen LogP contribution < -0.4 is 0 Å². The van der Waals surface area contributed by atoms with Crippen molar-refractivity contribution in [3.8, 4) is 0 Å². The normalized spacial score (nSPS) is 18.8. The van der Waals surface area contributed by atoms with Crippen LogP contribution in [-0.2, 0) is 4.74 Å². The third kappa shape index (κ3) is 1.09. The molecule has 0 radical (unpaired) electrons. The number of allylic oxidation sites excluding steroid dienone is 1. The Labute approximate surface area is 48.9 Å². The highest BCUT2D eigenvalue weighted by Crippen LogP contribution is 2.01. The van der Waals surface area contributed by atoms with Crippen molar-refractivity contribution in [2.24, 2.45) is 4.99 Å². The van der Waals surface area contributed by atoms with Crippen LogP contribution in [0.2, 0.25) is 0 Å². The van der Waals surface area contributed by atoms with Crippen molar-refractivity contribution in [2.45, 2.75) is 13.8 Å². The Hall–Kier alpha value is -0.790. The number of rotatable bonds is 0. The van der Waals surface area contributed by atoms with Gasteiger partial charge in [0, 0.05) is 0 Å². The summed E-state index contributed by atoms with van der Waals surface area (Å²) < 4.78 is 5.12. The predicted molar refractivity (Wildman–Crippen MR) is 32.8 cm³/mol. The highest BCUT2D eigenvalue weighted by molar-refractivity contribution is 5.84. The highest BCUT2D eigenvalue weighted by Gasteiger charge is 1.97. The molecule has 0 atom stereocenters. The van der Waals surface area contributed by atoms with Gasteiger partial charge in [-0.05, 0) is 13.8 Å². The number of hydrogen-bond donors (Lipinski definition) is 0. The van der Waals surface area contributed by atoms with E-state index in [4.69, 9.17) is 4.74 Å². The standard InChI is InChI=1S/C6H9NO/c1-5-4-8-6(2)3-7-5/h3H,4H2,1-2H3. The first-order chi connectivity index (χ1) is 3.79. The van der Waals surface area contributed by atoms with Crippen LogP contribution in [-0.4, -0.2) is 12.3 Å². The second-order valence-corrected chi connectivity index (χ2v) is 1.89. The largest absolute Gasteiger partial charge is 0.491 e. The third-order valence-corrected chi connectivity index (χ3v) is 0.975. The Kier molecular flexibility index (Phi) is 1.33. The molecule has 1 rings (SSSR count). The molecule has 8 heavy (non-hydrogen) atoms. The van der Waals surface area contributed by atoms with Gasteiger partial charge in [-0.15, -0.1) is 0 Å². The SMILES string of the molecule is CC1=CN=C(C)CO1. The lowest BCUT2D eigenvalue weighted by Gasteiger charge is -2.08. The summed E-state index contributed by atoms with van der Waals surface area (Å²) in [6.07, 6.45) is 1.73. The minimum absolute atomic E-state index is 0.655. The van der Waals surface area contributed by atoms with Crippen molar-refractivity contribution in [2.75, 3.05) is 6.61 Å². The van der Waals surface area contributed by atoms with Crippen molar-refractivity contribution in [3.63, 3.8) is 0 Å². The van der Waals surface area contributed by atoms with Gasteiger partial charge in [0.2, 0.25) is 0 Å². The zero-order valence-electron chi connectivity index (χ0n) is 5.14. The van der Waals surface area contributed by atoms with Crippen LogP contribution in [0.15, 0.2) is 17.0 Å². The predicted octanol–water partition coefficient (Wildman–Crippen LogP) is 1.34. The average molecular weight is 111 g/mol. The number of nitrogens with zero attached hydrogens (tertiary/aromatic N) is 1. The summed E-state index contributed by atoms with van der Waals surface area (Å²) in [5, 5.41) is 0. The molecule has 0 aromatic heterocycles. The van der Waals surface area contributed by atoms with Crippen LogP contribution in [0.4, 0.5) is 0 Å². The fraction of sp³-hybridized carbons (Fsp3) is 0.500. The zero-order chi connectivity index (χ0) is 5.98. The second-order valence-electron chi connectivity index (χ2n) is 1.89. The minimum atomic E-state index is 0.655. The molecule has 1 aliphatic heterocycles. The molecule has 0 amide bonds. The van der Waals surface area contributed by atoms with Crippen molar-refractivity contribution in [1.82, 2.24) is 0 Å². The van der Waals surface area contributed by atoms with Gasteiger partial charge in [-0.25, -0.2) is 0 Å². The fourth-order valence-corrected chi connectivity index (χ4v) is 0.494. The van der Waals surface area contributed by atoms with Gasteiger partial charge in [0.05, 0.1) is 11.9 Å². The zero-order valence-corrected chi connectivity index (χ0v) is 5.14. The lowest BCUT2D eigenvalue weighted by atomic mass is 10.4. The second kappa shape index (κ2) is 1.99. The lowest BCUT2D eigenvalue weighted by molar-refractivity contribution is 0.255. The summed E-state index contributed by atoms with van der Waals surface area (Å²) in [6, 6.07) is 0. The Balaban J connectivity index is 2.65. The van der Waals surface area contributed by atoms with Crippen molar-refractivity contribution in [1.29, 1.82) is 0 Å². The van der Waals surface area contributed by atoms with Crippen LogP contribution in [0.25, 0.3) is 0 Å². The first-order valence-corrected chi connectivity index (χ1v) is 2.62. The van der Waals surface area contributed by atoms with Crippen molar-refractivity contribution >= 4 is 5.71 Å². The molecule has 0 N–H and O–H groups in total. The van der Waals surface area contributed by atoms with Crippen LogP contribution in [0.1, 0.15) is 13.8 Å². The van der Waals surface area contributed by atoms with Gasteiger partial charge in [-0.3, -0.25) is 4.99 Å². The smallest absolute Gasteiger partial charge is 0.126 e. The van der Waals surface area contributed by atoms with Crippen molar-refractivity contribution in [3.05, 3.63) is 12.0 Å². The lowest BCUT2D eigenvalue weighted by Crippen LogP contribution is -2.06. The number of ether oxygens (including phenoxy) is 1. The van der Waals surface area contributed by atoms with Gasteiger partial charge in [-0.1, -0.05) is 0 Å². The summed E-state index contributed by atoms with van der Waals surface area (Å²) in [5.41, 5.74) is 1.04. The van der Waals surface area contributed by atoms with E-state index in [0.29, 0.717) is 6.61 Å². The average Bonchev–Trinajstić information content (AvgIpc) is 1.77. The summed E-state index contributed by atoms with van der Waals surface area (Å²) in [5.74, 6) is 0.899. The molecule has 0 saturated carbocycles. The maximum Gasteiger partial charge on any atom is 0.126 e. The quantitative estimate of drug-likeness (QED) is 0.462. The van der Waals surface area contributed by atoms with E-state index in [1.807, 2.05) is 13.8 Å². The first-order valence-electron chi connectivity index (χ1n) is 2.62. The Morgan fingerprint density at radius 1 is 1.62 bits per heavy atom. The van der Waals surface area contributed by atoms with E-state index in [0.717, 1.165) is 11.5 Å².